The highest BCUT2D eigenvalue weighted by Gasteiger charge is 2.25. The molecule has 0 radical (unpaired) electrons. The van der Waals surface area contributed by atoms with Crippen molar-refractivity contribution >= 4 is 0 Å². The molecule has 0 amide bonds. The van der Waals surface area contributed by atoms with E-state index in [4.69, 9.17) is 0 Å². The smallest absolute Gasteiger partial charge is 0.0484 e. The maximum absolute atomic E-state index is 9.28. The largest absolute Gasteiger partial charge is 0.396 e. The Balaban J connectivity index is 4.04. The van der Waals surface area contributed by atoms with Crippen LogP contribution in [0.25, 0.3) is 0 Å². The minimum atomic E-state index is 0.141. The molecule has 1 nitrogen and oxygen atoms in total. The molecule has 0 bridgehead atoms. The lowest BCUT2D eigenvalue weighted by Gasteiger charge is -2.30. The van der Waals surface area contributed by atoms with Crippen molar-refractivity contribution in [1.29, 1.82) is 0 Å². The standard InChI is InChI=1S/C11H24O/c1-9(2)6-11(5,8-12)7-10(3)4/h9-10,12H,6-8H2,1-5H3. The summed E-state index contributed by atoms with van der Waals surface area (Å²) in [4.78, 5) is 0. The number of hydrogen-bond donors (Lipinski definition) is 1. The fraction of sp³-hybridized carbons (Fsp3) is 1.00. The highest BCUT2D eigenvalue weighted by molar-refractivity contribution is 4.75. The van der Waals surface area contributed by atoms with Gasteiger partial charge in [-0.15, -0.1) is 0 Å². The van der Waals surface area contributed by atoms with Gasteiger partial charge in [0.1, 0.15) is 0 Å². The molecule has 74 valence electrons. The Labute approximate surface area is 77.2 Å². The van der Waals surface area contributed by atoms with Crippen LogP contribution in [0.5, 0.6) is 0 Å². The van der Waals surface area contributed by atoms with Gasteiger partial charge in [-0.2, -0.15) is 0 Å². The molecule has 0 atom stereocenters. The molecule has 1 N–H and O–H groups in total. The predicted molar refractivity (Wildman–Crippen MR) is 54.1 cm³/mol. The second-order valence-corrected chi connectivity index (χ2v) is 5.16. The first kappa shape index (κ1) is 12.0. The Morgan fingerprint density at radius 2 is 1.33 bits per heavy atom. The first-order valence-corrected chi connectivity index (χ1v) is 5.00. The third-order valence-corrected chi connectivity index (χ3v) is 2.18. The van der Waals surface area contributed by atoms with Crippen LogP contribution in [-0.4, -0.2) is 11.7 Å². The van der Waals surface area contributed by atoms with Crippen molar-refractivity contribution in [2.24, 2.45) is 17.3 Å². The van der Waals surface area contributed by atoms with Crippen molar-refractivity contribution < 1.29 is 5.11 Å². The summed E-state index contributed by atoms with van der Waals surface area (Å²) in [7, 11) is 0. The van der Waals surface area contributed by atoms with Crippen LogP contribution in [0.3, 0.4) is 0 Å². The molecule has 0 fully saturated rings. The maximum Gasteiger partial charge on any atom is 0.0484 e. The highest BCUT2D eigenvalue weighted by Crippen LogP contribution is 2.32. The van der Waals surface area contributed by atoms with E-state index in [9.17, 15) is 5.11 Å². The van der Waals surface area contributed by atoms with Gasteiger partial charge in [0.2, 0.25) is 0 Å². The van der Waals surface area contributed by atoms with E-state index in [1.807, 2.05) is 0 Å². The molecule has 0 aromatic carbocycles. The quantitative estimate of drug-likeness (QED) is 0.675. The van der Waals surface area contributed by atoms with Gasteiger partial charge in [0.25, 0.3) is 0 Å². The van der Waals surface area contributed by atoms with Gasteiger partial charge in [0.05, 0.1) is 0 Å². The van der Waals surface area contributed by atoms with Crippen molar-refractivity contribution in [3.05, 3.63) is 0 Å². The van der Waals surface area contributed by atoms with Crippen molar-refractivity contribution in [3.8, 4) is 0 Å². The molecular formula is C11H24O. The van der Waals surface area contributed by atoms with Crippen molar-refractivity contribution in [2.45, 2.75) is 47.5 Å². The minimum Gasteiger partial charge on any atom is -0.396 e. The molecular weight excluding hydrogens is 148 g/mol. The van der Waals surface area contributed by atoms with Gasteiger partial charge in [-0.3, -0.25) is 0 Å². The van der Waals surface area contributed by atoms with E-state index in [1.165, 1.54) is 0 Å². The molecule has 0 unspecified atom stereocenters. The third-order valence-electron chi connectivity index (χ3n) is 2.18. The Hall–Kier alpha value is -0.0400. The van der Waals surface area contributed by atoms with Gasteiger partial charge < -0.3 is 5.11 Å². The van der Waals surface area contributed by atoms with Gasteiger partial charge in [0, 0.05) is 6.61 Å². The summed E-state index contributed by atoms with van der Waals surface area (Å²) in [5, 5.41) is 9.28. The molecule has 0 aliphatic rings. The van der Waals surface area contributed by atoms with E-state index in [0.29, 0.717) is 18.4 Å². The second-order valence-electron chi connectivity index (χ2n) is 5.16. The number of rotatable bonds is 5. The van der Waals surface area contributed by atoms with Crippen molar-refractivity contribution in [3.63, 3.8) is 0 Å². The third kappa shape index (κ3) is 4.76. The lowest BCUT2D eigenvalue weighted by Crippen LogP contribution is -2.25. The summed E-state index contributed by atoms with van der Waals surface area (Å²) in [6.45, 7) is 11.4. The fourth-order valence-corrected chi connectivity index (χ4v) is 2.18. The number of aliphatic hydroxyl groups excluding tert-OH is 1. The normalized spacial score (nSPS) is 13.0. The van der Waals surface area contributed by atoms with Crippen LogP contribution >= 0.6 is 0 Å². The molecule has 0 aliphatic heterocycles. The second kappa shape index (κ2) is 4.86. The van der Waals surface area contributed by atoms with E-state index in [2.05, 4.69) is 34.6 Å². The Morgan fingerprint density at radius 3 is 1.50 bits per heavy atom. The van der Waals surface area contributed by atoms with Gasteiger partial charge in [-0.05, 0) is 30.1 Å². The molecule has 0 aliphatic carbocycles. The predicted octanol–water partition coefficient (Wildman–Crippen LogP) is 3.08. The summed E-state index contributed by atoms with van der Waals surface area (Å²) in [5.41, 5.74) is 0.141. The summed E-state index contributed by atoms with van der Waals surface area (Å²) in [5.74, 6) is 1.36. The zero-order valence-corrected chi connectivity index (χ0v) is 9.22. The van der Waals surface area contributed by atoms with E-state index in [-0.39, 0.29) is 5.41 Å². The van der Waals surface area contributed by atoms with Crippen LogP contribution in [0, 0.1) is 17.3 Å². The van der Waals surface area contributed by atoms with Crippen LogP contribution in [0.1, 0.15) is 47.5 Å². The molecule has 0 heterocycles. The van der Waals surface area contributed by atoms with Crippen LogP contribution in [0.2, 0.25) is 0 Å². The zero-order valence-electron chi connectivity index (χ0n) is 9.22. The van der Waals surface area contributed by atoms with Crippen molar-refractivity contribution in [1.82, 2.24) is 0 Å². The maximum atomic E-state index is 9.28. The lowest BCUT2D eigenvalue weighted by atomic mass is 9.77. The summed E-state index contributed by atoms with van der Waals surface area (Å²) in [6, 6.07) is 0. The fourth-order valence-electron chi connectivity index (χ4n) is 2.18. The first-order chi connectivity index (χ1) is 5.39. The molecule has 12 heavy (non-hydrogen) atoms. The van der Waals surface area contributed by atoms with E-state index in [1.54, 1.807) is 0 Å². The van der Waals surface area contributed by atoms with E-state index in [0.717, 1.165) is 12.8 Å². The zero-order chi connectivity index (χ0) is 9.78. The van der Waals surface area contributed by atoms with Crippen LogP contribution in [-0.2, 0) is 0 Å². The van der Waals surface area contributed by atoms with Gasteiger partial charge in [-0.1, -0.05) is 34.6 Å². The average Bonchev–Trinajstić information content (AvgIpc) is 1.83. The van der Waals surface area contributed by atoms with Crippen molar-refractivity contribution in [2.75, 3.05) is 6.61 Å². The number of aliphatic hydroxyl groups is 1. The average molecular weight is 172 g/mol. The molecule has 0 aromatic heterocycles. The van der Waals surface area contributed by atoms with Gasteiger partial charge >= 0.3 is 0 Å². The summed E-state index contributed by atoms with van der Waals surface area (Å²) < 4.78 is 0. The summed E-state index contributed by atoms with van der Waals surface area (Å²) in [6.07, 6.45) is 2.25. The Kier molecular flexibility index (Phi) is 4.84. The minimum absolute atomic E-state index is 0.141. The molecule has 0 aromatic rings. The van der Waals surface area contributed by atoms with Crippen LogP contribution < -0.4 is 0 Å². The monoisotopic (exact) mass is 172 g/mol. The van der Waals surface area contributed by atoms with Gasteiger partial charge in [-0.25, -0.2) is 0 Å². The SMILES string of the molecule is CC(C)CC(C)(CO)CC(C)C. The number of hydrogen-bond acceptors (Lipinski definition) is 1. The Morgan fingerprint density at radius 1 is 1.00 bits per heavy atom. The Bertz CT molecular complexity index is 106. The first-order valence-electron chi connectivity index (χ1n) is 5.00. The molecule has 0 saturated heterocycles. The molecule has 1 heteroatoms. The molecule has 0 spiro atoms. The van der Waals surface area contributed by atoms with Gasteiger partial charge in [0.15, 0.2) is 0 Å². The van der Waals surface area contributed by atoms with E-state index < -0.39 is 0 Å². The molecule has 0 saturated carbocycles. The molecule has 0 rings (SSSR count). The topological polar surface area (TPSA) is 20.2 Å². The van der Waals surface area contributed by atoms with Crippen LogP contribution in [0.4, 0.5) is 0 Å². The lowest BCUT2D eigenvalue weighted by molar-refractivity contribution is 0.0956. The van der Waals surface area contributed by atoms with E-state index >= 15 is 0 Å². The van der Waals surface area contributed by atoms with Crippen LogP contribution in [0.15, 0.2) is 0 Å². The highest BCUT2D eigenvalue weighted by atomic mass is 16.3. The summed E-state index contributed by atoms with van der Waals surface area (Å²) >= 11 is 0.